The van der Waals surface area contributed by atoms with E-state index in [1.165, 1.54) is 64.2 Å². The summed E-state index contributed by atoms with van der Waals surface area (Å²) in [4.78, 5) is 2.32. The summed E-state index contributed by atoms with van der Waals surface area (Å²) in [6, 6.07) is 0.607. The molecular formula is C15H28NO. The summed E-state index contributed by atoms with van der Waals surface area (Å²) in [7, 11) is 0. The Hall–Kier alpha value is -0.0800. The zero-order chi connectivity index (χ0) is 11.9. The molecule has 1 aliphatic carbocycles. The monoisotopic (exact) mass is 238 g/mol. The Kier molecular flexibility index (Phi) is 5.79. The highest BCUT2D eigenvalue weighted by atomic mass is 16.3. The molecule has 1 saturated heterocycles. The average Bonchev–Trinajstić information content (AvgIpc) is 2.26. The standard InChI is InChI=1S/C15H28NO/c17-15-12-8-4-5-9-13-16(15)14-10-6-2-1-3-7-11-14/h14-15H,1-13H2. The van der Waals surface area contributed by atoms with Crippen LogP contribution in [0, 0.1) is 0 Å². The van der Waals surface area contributed by atoms with E-state index in [0.717, 1.165) is 19.4 Å². The molecule has 1 radical (unpaired) electrons. The van der Waals surface area contributed by atoms with E-state index >= 15 is 0 Å². The highest BCUT2D eigenvalue weighted by molar-refractivity contribution is 4.77. The summed E-state index contributed by atoms with van der Waals surface area (Å²) in [6.07, 6.45) is 14.9. The van der Waals surface area contributed by atoms with E-state index in [4.69, 9.17) is 0 Å². The van der Waals surface area contributed by atoms with Gasteiger partial charge in [0.2, 0.25) is 0 Å². The normalized spacial score (nSPS) is 31.2. The van der Waals surface area contributed by atoms with E-state index in [9.17, 15) is 5.11 Å². The van der Waals surface area contributed by atoms with Crippen LogP contribution in [0.25, 0.3) is 0 Å². The molecule has 0 aromatic heterocycles. The molecule has 0 aromatic rings. The fourth-order valence-corrected chi connectivity index (χ4v) is 3.46. The maximum atomic E-state index is 12.3. The molecular weight excluding hydrogens is 210 g/mol. The van der Waals surface area contributed by atoms with E-state index in [2.05, 4.69) is 4.90 Å². The van der Waals surface area contributed by atoms with Crippen molar-refractivity contribution in [3.8, 4) is 0 Å². The third-order valence-electron chi connectivity index (χ3n) is 4.53. The third kappa shape index (κ3) is 4.26. The summed E-state index contributed by atoms with van der Waals surface area (Å²) in [5.41, 5.74) is 0. The van der Waals surface area contributed by atoms with E-state index in [0.29, 0.717) is 6.04 Å². The van der Waals surface area contributed by atoms with Gasteiger partial charge in [0.25, 0.3) is 0 Å². The molecule has 1 heterocycles. The SMILES string of the molecule is [O]C1CCCCCCN1C1CCCCCCC1. The summed E-state index contributed by atoms with van der Waals surface area (Å²) >= 11 is 0. The molecule has 0 bridgehead atoms. The van der Waals surface area contributed by atoms with Gasteiger partial charge in [0.1, 0.15) is 6.23 Å². The molecule has 0 spiro atoms. The molecule has 2 nitrogen and oxygen atoms in total. The lowest BCUT2D eigenvalue weighted by Crippen LogP contribution is -2.44. The van der Waals surface area contributed by atoms with Crippen molar-refractivity contribution >= 4 is 0 Å². The van der Waals surface area contributed by atoms with Gasteiger partial charge in [0.15, 0.2) is 0 Å². The Morgan fingerprint density at radius 1 is 0.647 bits per heavy atom. The Balaban J connectivity index is 1.90. The highest BCUT2D eigenvalue weighted by Gasteiger charge is 2.26. The van der Waals surface area contributed by atoms with Gasteiger partial charge in [-0.25, -0.2) is 5.11 Å². The molecule has 0 N–H and O–H groups in total. The van der Waals surface area contributed by atoms with Crippen LogP contribution in [-0.4, -0.2) is 23.7 Å². The fourth-order valence-electron chi connectivity index (χ4n) is 3.46. The molecule has 2 rings (SSSR count). The van der Waals surface area contributed by atoms with Gasteiger partial charge < -0.3 is 0 Å². The number of hydrogen-bond donors (Lipinski definition) is 0. The molecule has 1 atom stereocenters. The number of hydrogen-bond acceptors (Lipinski definition) is 1. The maximum Gasteiger partial charge on any atom is 0.146 e. The number of rotatable bonds is 1. The molecule has 2 heteroatoms. The van der Waals surface area contributed by atoms with Crippen LogP contribution >= 0.6 is 0 Å². The van der Waals surface area contributed by atoms with E-state index in [1.54, 1.807) is 0 Å². The van der Waals surface area contributed by atoms with Crippen LogP contribution in [-0.2, 0) is 5.11 Å². The largest absolute Gasteiger partial charge is 0.273 e. The lowest BCUT2D eigenvalue weighted by atomic mass is 9.94. The van der Waals surface area contributed by atoms with Crippen molar-refractivity contribution in [3.63, 3.8) is 0 Å². The second kappa shape index (κ2) is 7.38. The summed E-state index contributed by atoms with van der Waals surface area (Å²) in [6.45, 7) is 1.07. The van der Waals surface area contributed by atoms with Crippen LogP contribution in [0.1, 0.15) is 77.0 Å². The van der Waals surface area contributed by atoms with Gasteiger partial charge in [-0.1, -0.05) is 44.9 Å². The first-order chi connectivity index (χ1) is 8.38. The molecule has 1 saturated carbocycles. The third-order valence-corrected chi connectivity index (χ3v) is 4.53. The Labute approximate surface area is 106 Å². The first kappa shape index (κ1) is 13.4. The predicted molar refractivity (Wildman–Crippen MR) is 70.4 cm³/mol. The van der Waals surface area contributed by atoms with Crippen molar-refractivity contribution in [1.29, 1.82) is 0 Å². The summed E-state index contributed by atoms with van der Waals surface area (Å²) in [5.74, 6) is 0. The van der Waals surface area contributed by atoms with Gasteiger partial charge in [-0.3, -0.25) is 4.90 Å². The van der Waals surface area contributed by atoms with Crippen LogP contribution in [0.4, 0.5) is 0 Å². The fraction of sp³-hybridized carbons (Fsp3) is 1.00. The van der Waals surface area contributed by atoms with E-state index in [-0.39, 0.29) is 0 Å². The smallest absolute Gasteiger partial charge is 0.146 e. The van der Waals surface area contributed by atoms with Crippen molar-refractivity contribution in [3.05, 3.63) is 0 Å². The number of likely N-dealkylation sites (tertiary alicyclic amines) is 1. The number of nitrogens with zero attached hydrogens (tertiary/aromatic N) is 1. The summed E-state index contributed by atoms with van der Waals surface area (Å²) in [5, 5.41) is 12.3. The Morgan fingerprint density at radius 2 is 1.18 bits per heavy atom. The molecule has 99 valence electrons. The van der Waals surface area contributed by atoms with E-state index < -0.39 is 6.23 Å². The van der Waals surface area contributed by atoms with Crippen LogP contribution < -0.4 is 0 Å². The minimum atomic E-state index is -0.403. The Morgan fingerprint density at radius 3 is 1.88 bits per heavy atom. The van der Waals surface area contributed by atoms with Crippen LogP contribution in [0.3, 0.4) is 0 Å². The van der Waals surface area contributed by atoms with Gasteiger partial charge in [-0.05, 0) is 32.1 Å². The average molecular weight is 238 g/mol. The molecule has 0 aromatic carbocycles. The molecule has 2 aliphatic rings. The second-order valence-electron chi connectivity index (χ2n) is 5.89. The minimum Gasteiger partial charge on any atom is -0.273 e. The van der Waals surface area contributed by atoms with Gasteiger partial charge in [-0.15, -0.1) is 0 Å². The van der Waals surface area contributed by atoms with Crippen molar-refractivity contribution in [2.75, 3.05) is 6.54 Å². The van der Waals surface area contributed by atoms with E-state index in [1.807, 2.05) is 0 Å². The van der Waals surface area contributed by atoms with Gasteiger partial charge in [0, 0.05) is 12.6 Å². The second-order valence-corrected chi connectivity index (χ2v) is 5.89. The van der Waals surface area contributed by atoms with Crippen LogP contribution in [0.2, 0.25) is 0 Å². The summed E-state index contributed by atoms with van der Waals surface area (Å²) < 4.78 is 0. The van der Waals surface area contributed by atoms with Crippen molar-refractivity contribution in [1.82, 2.24) is 4.90 Å². The predicted octanol–water partition coefficient (Wildman–Crippen LogP) is 4.12. The van der Waals surface area contributed by atoms with Crippen molar-refractivity contribution in [2.45, 2.75) is 89.3 Å². The molecule has 2 fully saturated rings. The highest BCUT2D eigenvalue weighted by Crippen LogP contribution is 2.26. The van der Waals surface area contributed by atoms with Gasteiger partial charge >= 0.3 is 0 Å². The Bertz CT molecular complexity index is 199. The van der Waals surface area contributed by atoms with Crippen LogP contribution in [0.5, 0.6) is 0 Å². The first-order valence-corrected chi connectivity index (χ1v) is 7.79. The van der Waals surface area contributed by atoms with Crippen molar-refractivity contribution in [2.24, 2.45) is 0 Å². The topological polar surface area (TPSA) is 23.1 Å². The van der Waals surface area contributed by atoms with Gasteiger partial charge in [-0.2, -0.15) is 0 Å². The molecule has 17 heavy (non-hydrogen) atoms. The lowest BCUT2D eigenvalue weighted by Gasteiger charge is -2.36. The van der Waals surface area contributed by atoms with Crippen molar-refractivity contribution < 1.29 is 5.11 Å². The van der Waals surface area contributed by atoms with Crippen LogP contribution in [0.15, 0.2) is 0 Å². The molecule has 0 amide bonds. The molecule has 1 unspecified atom stereocenters. The zero-order valence-electron chi connectivity index (χ0n) is 11.2. The quantitative estimate of drug-likeness (QED) is 0.674. The first-order valence-electron chi connectivity index (χ1n) is 7.79. The molecule has 1 aliphatic heterocycles. The zero-order valence-corrected chi connectivity index (χ0v) is 11.2. The van der Waals surface area contributed by atoms with Gasteiger partial charge in [0.05, 0.1) is 0 Å². The maximum absolute atomic E-state index is 12.3. The minimum absolute atomic E-state index is 0.403. The lowest BCUT2D eigenvalue weighted by molar-refractivity contribution is -0.0851.